The van der Waals surface area contributed by atoms with E-state index < -0.39 is 0 Å². The zero-order valence-electron chi connectivity index (χ0n) is 22.7. The van der Waals surface area contributed by atoms with E-state index in [1.807, 2.05) is 14.1 Å². The molecule has 0 spiro atoms. The number of hydroxylamine groups is 4. The molecule has 11 heteroatoms. The molecule has 2 aliphatic rings. The smallest absolute Gasteiger partial charge is 0.244 e. The second kappa shape index (κ2) is 9.02. The molecular weight excluding hydrogens is 434 g/mol. The van der Waals surface area contributed by atoms with Crippen molar-refractivity contribution in [3.8, 4) is 0 Å². The fourth-order valence-corrected chi connectivity index (χ4v) is 5.88. The SMILES string of the molecule is CN(C)Nc1nc(NC2CC(C)(C)N([OH2+])C(C)(C)C2)nc(NC2CC(C)(C)N([OH2+])C(C)(C)C2)n1. The molecule has 0 radical (unpaired) electrons. The maximum atomic E-state index is 8.54. The summed E-state index contributed by atoms with van der Waals surface area (Å²) < 4.78 is 0. The van der Waals surface area contributed by atoms with E-state index in [0.717, 1.165) is 25.7 Å². The van der Waals surface area contributed by atoms with E-state index in [1.165, 1.54) is 0 Å². The van der Waals surface area contributed by atoms with E-state index in [-0.39, 0.29) is 34.2 Å². The molecule has 11 nitrogen and oxygen atoms in total. The lowest BCUT2D eigenvalue weighted by atomic mass is 9.79. The van der Waals surface area contributed by atoms with Gasteiger partial charge in [0.25, 0.3) is 0 Å². The van der Waals surface area contributed by atoms with Crippen LogP contribution in [0.2, 0.25) is 0 Å². The summed E-state index contributed by atoms with van der Waals surface area (Å²) in [5, 5.41) is 29.4. The lowest BCUT2D eigenvalue weighted by molar-refractivity contribution is -0.243. The summed E-state index contributed by atoms with van der Waals surface area (Å²) in [5.74, 6) is 1.51. The zero-order valence-corrected chi connectivity index (χ0v) is 22.7. The average Bonchev–Trinajstić information content (AvgIpc) is 2.62. The minimum absolute atomic E-state index is 0.137. The van der Waals surface area contributed by atoms with Crippen LogP contribution in [0.5, 0.6) is 0 Å². The molecule has 0 aliphatic carbocycles. The van der Waals surface area contributed by atoms with Gasteiger partial charge in [0.2, 0.25) is 17.8 Å². The van der Waals surface area contributed by atoms with Crippen molar-refractivity contribution in [2.75, 3.05) is 30.2 Å². The van der Waals surface area contributed by atoms with Gasteiger partial charge in [-0.2, -0.15) is 15.0 Å². The van der Waals surface area contributed by atoms with Crippen molar-refractivity contribution >= 4 is 17.8 Å². The van der Waals surface area contributed by atoms with Gasteiger partial charge in [-0.05, 0) is 81.1 Å². The molecule has 194 valence electrons. The lowest BCUT2D eigenvalue weighted by Gasteiger charge is -2.48. The van der Waals surface area contributed by atoms with Crippen LogP contribution in [0.15, 0.2) is 0 Å². The van der Waals surface area contributed by atoms with E-state index in [4.69, 9.17) is 15.4 Å². The Balaban J connectivity index is 1.84. The number of piperidine rings is 2. The van der Waals surface area contributed by atoms with Gasteiger partial charge in [0, 0.05) is 26.2 Å². The number of hydrogen-bond acceptors (Lipinski definition) is 9. The van der Waals surface area contributed by atoms with Crippen molar-refractivity contribution in [1.29, 1.82) is 0 Å². The molecule has 2 saturated heterocycles. The first-order valence-electron chi connectivity index (χ1n) is 12.2. The maximum Gasteiger partial charge on any atom is 0.244 e. The van der Waals surface area contributed by atoms with Crippen LogP contribution in [0, 0.1) is 0 Å². The van der Waals surface area contributed by atoms with Crippen molar-refractivity contribution in [1.82, 2.24) is 30.1 Å². The molecule has 1 aromatic heterocycles. The Bertz CT molecular complexity index is 774. The highest BCUT2D eigenvalue weighted by atomic mass is 16.5. The minimum Gasteiger partial charge on any atom is -0.351 e. The largest absolute Gasteiger partial charge is 0.351 e. The van der Waals surface area contributed by atoms with Crippen LogP contribution >= 0.6 is 0 Å². The third kappa shape index (κ3) is 5.88. The first kappa shape index (κ1) is 26.8. The van der Waals surface area contributed by atoms with Gasteiger partial charge in [0.05, 0.1) is 22.2 Å². The number of nitrogens with one attached hydrogen (secondary N) is 3. The molecule has 3 rings (SSSR count). The summed E-state index contributed by atoms with van der Waals surface area (Å²) in [7, 11) is 3.79. The zero-order chi connectivity index (χ0) is 25.7. The summed E-state index contributed by atoms with van der Waals surface area (Å²) in [5.41, 5.74) is 2.10. The Hall–Kier alpha value is -1.79. The monoisotopic (exact) mass is 481 g/mol. The van der Waals surface area contributed by atoms with Crippen molar-refractivity contribution in [2.24, 2.45) is 0 Å². The van der Waals surface area contributed by atoms with Gasteiger partial charge in [0.15, 0.2) is 0 Å². The van der Waals surface area contributed by atoms with Crippen molar-refractivity contribution in [2.45, 2.75) is 115 Å². The van der Waals surface area contributed by atoms with Crippen LogP contribution in [0.1, 0.15) is 81.1 Å². The highest BCUT2D eigenvalue weighted by molar-refractivity contribution is 5.43. The van der Waals surface area contributed by atoms with Gasteiger partial charge < -0.3 is 21.0 Å². The first-order chi connectivity index (χ1) is 15.4. The average molecular weight is 482 g/mol. The quantitative estimate of drug-likeness (QED) is 0.412. The van der Waals surface area contributed by atoms with Gasteiger partial charge in [-0.3, -0.25) is 5.43 Å². The molecule has 34 heavy (non-hydrogen) atoms. The van der Waals surface area contributed by atoms with E-state index in [0.29, 0.717) is 17.8 Å². The van der Waals surface area contributed by atoms with Crippen LogP contribution in [0.25, 0.3) is 0 Å². The number of rotatable bonds is 6. The number of aromatic nitrogens is 3. The third-order valence-corrected chi connectivity index (χ3v) is 7.03. The molecule has 1 aromatic rings. The second-order valence-electron chi connectivity index (χ2n) is 12.7. The van der Waals surface area contributed by atoms with Gasteiger partial charge in [-0.15, -0.1) is 0 Å². The van der Waals surface area contributed by atoms with Crippen LogP contribution in [0.4, 0.5) is 17.8 Å². The van der Waals surface area contributed by atoms with Crippen LogP contribution < -0.4 is 16.1 Å². The molecule has 2 fully saturated rings. The lowest BCUT2D eigenvalue weighted by Crippen LogP contribution is -2.61. The molecule has 0 unspecified atom stereocenters. The molecule has 0 saturated carbocycles. The third-order valence-electron chi connectivity index (χ3n) is 7.03. The van der Waals surface area contributed by atoms with E-state index in [2.05, 4.69) is 81.4 Å². The molecule has 7 N–H and O–H groups in total. The summed E-state index contributed by atoms with van der Waals surface area (Å²) >= 11 is 0. The fourth-order valence-electron chi connectivity index (χ4n) is 5.88. The standard InChI is InChI=1S/C23H45N9O2/c1-20(2)11-15(12-21(3,4)31(20)33)24-17-26-18(28-19(27-17)29-30(9)10)25-16-13-22(5,6)32(34)23(7,8)14-16/h15-16,33-34H,11-14H2,1-10H3,(H3,24,25,26,27,28,29)/p+2. The highest BCUT2D eigenvalue weighted by Gasteiger charge is 2.50. The predicted octanol–water partition coefficient (Wildman–Crippen LogP) is 1.91. The summed E-state index contributed by atoms with van der Waals surface area (Å²) in [4.78, 5) is 14.0. The van der Waals surface area contributed by atoms with Gasteiger partial charge in [-0.1, -0.05) is 10.1 Å². The van der Waals surface area contributed by atoms with Gasteiger partial charge >= 0.3 is 0 Å². The Labute approximate surface area is 204 Å². The first-order valence-corrected chi connectivity index (χ1v) is 12.2. The van der Waals surface area contributed by atoms with Gasteiger partial charge in [0.1, 0.15) is 0 Å². The molecule has 0 aromatic carbocycles. The summed E-state index contributed by atoms with van der Waals surface area (Å²) in [6.45, 7) is 16.9. The Morgan fingerprint density at radius 2 is 0.941 bits per heavy atom. The molecular formula is C23H47N9O2+2. The number of hydrogen-bond donors (Lipinski definition) is 3. The minimum atomic E-state index is -0.264. The predicted molar refractivity (Wildman–Crippen MR) is 138 cm³/mol. The molecule has 0 amide bonds. The van der Waals surface area contributed by atoms with Crippen molar-refractivity contribution in [3.05, 3.63) is 0 Å². The molecule has 0 atom stereocenters. The number of hydrazine groups is 1. The Morgan fingerprint density at radius 3 is 1.24 bits per heavy atom. The van der Waals surface area contributed by atoms with Crippen molar-refractivity contribution < 1.29 is 10.4 Å². The molecule has 2 aliphatic heterocycles. The van der Waals surface area contributed by atoms with Crippen LogP contribution in [-0.4, -0.2) is 88.8 Å². The fraction of sp³-hybridized carbons (Fsp3) is 0.870. The molecule has 3 heterocycles. The Kier molecular flexibility index (Phi) is 7.11. The number of anilines is 3. The summed E-state index contributed by atoms with van der Waals surface area (Å²) in [6.07, 6.45) is 3.26. The number of nitrogens with zero attached hydrogens (tertiary/aromatic N) is 6. The van der Waals surface area contributed by atoms with E-state index in [1.54, 1.807) is 15.1 Å². The van der Waals surface area contributed by atoms with E-state index in [9.17, 15) is 0 Å². The Morgan fingerprint density at radius 1 is 0.647 bits per heavy atom. The normalized spacial score (nSPS) is 25.3. The maximum absolute atomic E-state index is 8.54. The van der Waals surface area contributed by atoms with E-state index >= 15 is 0 Å². The summed E-state index contributed by atoms with van der Waals surface area (Å²) in [6, 6.07) is 0.275. The molecule has 0 bridgehead atoms. The topological polar surface area (TPSA) is 130 Å². The second-order valence-corrected chi connectivity index (χ2v) is 12.7. The van der Waals surface area contributed by atoms with Gasteiger partial charge in [-0.25, -0.2) is 5.01 Å². The van der Waals surface area contributed by atoms with Crippen LogP contribution in [0.3, 0.4) is 0 Å². The van der Waals surface area contributed by atoms with Crippen molar-refractivity contribution in [3.63, 3.8) is 0 Å². The highest BCUT2D eigenvalue weighted by Crippen LogP contribution is 2.39. The van der Waals surface area contributed by atoms with Crippen LogP contribution in [-0.2, 0) is 0 Å².